The second-order valence-electron chi connectivity index (χ2n) is 12.0. The maximum atomic E-state index is 13.3. The van der Waals surface area contributed by atoms with Gasteiger partial charge in [0.05, 0.1) is 30.2 Å². The second kappa shape index (κ2) is 11.0. The molecule has 0 radical (unpaired) electrons. The summed E-state index contributed by atoms with van der Waals surface area (Å²) >= 11 is 0. The van der Waals surface area contributed by atoms with Crippen LogP contribution in [0.15, 0.2) is 30.7 Å². The molecule has 0 spiro atoms. The highest BCUT2D eigenvalue weighted by molar-refractivity contribution is 6.64. The van der Waals surface area contributed by atoms with Gasteiger partial charge in [-0.1, -0.05) is 0 Å². The lowest BCUT2D eigenvalue weighted by Gasteiger charge is -2.51. The first-order valence-electron chi connectivity index (χ1n) is 13.1. The Morgan fingerprint density at radius 3 is 2.15 bits per heavy atom. The van der Waals surface area contributed by atoms with Crippen LogP contribution in [0.5, 0.6) is 11.6 Å². The minimum Gasteiger partial charge on any atom is -0.479 e. The summed E-state index contributed by atoms with van der Waals surface area (Å²) < 4.78 is 47.2. The molecule has 19 heteroatoms. The summed E-state index contributed by atoms with van der Waals surface area (Å²) in [6.07, 6.45) is -0.478. The van der Waals surface area contributed by atoms with E-state index >= 15 is 0 Å². The highest BCUT2D eigenvalue weighted by atomic mass is 19.4. The molecule has 2 aromatic rings. The van der Waals surface area contributed by atoms with E-state index < -0.39 is 18.9 Å². The molecule has 40 heavy (non-hydrogen) atoms. The molecule has 2 aliphatic heterocycles. The van der Waals surface area contributed by atoms with Gasteiger partial charge >= 0.3 is 6.18 Å². The number of carbonyl (C=O) groups excluding carboxylic acids is 2. The van der Waals surface area contributed by atoms with E-state index in [9.17, 15) is 22.8 Å². The van der Waals surface area contributed by atoms with Crippen LogP contribution >= 0.6 is 0 Å². The maximum Gasteiger partial charge on any atom is 0.422 e. The summed E-state index contributed by atoms with van der Waals surface area (Å²) in [7, 11) is 12.2. The van der Waals surface area contributed by atoms with Gasteiger partial charge in [0.15, 0.2) is 12.7 Å². The molecule has 4 rings (SSSR count). The Morgan fingerprint density at radius 2 is 1.62 bits per heavy atom. The van der Waals surface area contributed by atoms with Gasteiger partial charge in [0, 0.05) is 32.1 Å². The van der Waals surface area contributed by atoms with Crippen molar-refractivity contribution in [1.29, 1.82) is 0 Å². The number of anilines is 2. The third-order valence-electron chi connectivity index (χ3n) is 6.54. The van der Waals surface area contributed by atoms with Gasteiger partial charge in [-0.2, -0.15) is 13.2 Å². The predicted octanol–water partition coefficient (Wildman–Crippen LogP) is -4.72. The monoisotopic (exact) mass is 552 g/mol. The standard InChI is InChI=1S/C21H29B6F3N6O4/c22-20(23,24)36(21(25,26)27)16(37)11-8-34(9-11)18-32-5-12(6-33-18)35-4-3-14(17(35)38)40-13-1-2-15(31-7-13)39-10-19(28,29)30/h1-2,5-7,11,14H,3-4,8-10,22-27H2/t14-/m1/s1. The van der Waals surface area contributed by atoms with Crippen LogP contribution in [0.1, 0.15) is 6.42 Å². The Hall–Kier alpha value is -3.25. The number of nitrogens with zero attached hydrogens (tertiary/aromatic N) is 6. The molecule has 0 N–H and O–H groups in total. The fraction of sp³-hybridized carbons (Fsp3) is 0.476. The van der Waals surface area contributed by atoms with E-state index in [4.69, 9.17) is 4.74 Å². The quantitative estimate of drug-likeness (QED) is 0.287. The van der Waals surface area contributed by atoms with E-state index in [-0.39, 0.29) is 39.8 Å². The smallest absolute Gasteiger partial charge is 0.422 e. The minimum atomic E-state index is -4.46. The Labute approximate surface area is 236 Å². The van der Waals surface area contributed by atoms with Gasteiger partial charge in [-0.25, -0.2) is 15.0 Å². The summed E-state index contributed by atoms with van der Waals surface area (Å²) in [5, 5.41) is -0.606. The molecule has 206 valence electrons. The molecular weight excluding hydrogens is 522 g/mol. The highest BCUT2D eigenvalue weighted by Gasteiger charge is 2.43. The van der Waals surface area contributed by atoms with Crippen LogP contribution in [0.25, 0.3) is 0 Å². The van der Waals surface area contributed by atoms with Crippen molar-refractivity contribution in [3.05, 3.63) is 30.7 Å². The fourth-order valence-corrected chi connectivity index (χ4v) is 5.13. The number of hydrogen-bond acceptors (Lipinski definition) is 8. The van der Waals surface area contributed by atoms with Crippen molar-refractivity contribution in [2.45, 2.75) is 29.2 Å². The van der Waals surface area contributed by atoms with Crippen molar-refractivity contribution in [2.24, 2.45) is 5.92 Å². The fourth-order valence-electron chi connectivity index (χ4n) is 5.13. The number of carbonyl (C=O) groups is 2. The van der Waals surface area contributed by atoms with Crippen molar-refractivity contribution in [3.8, 4) is 11.6 Å². The van der Waals surface area contributed by atoms with E-state index in [0.29, 0.717) is 37.7 Å². The number of rotatable bonds is 9. The van der Waals surface area contributed by atoms with Crippen molar-refractivity contribution >= 4 is 70.5 Å². The number of pyridine rings is 1. The van der Waals surface area contributed by atoms with Gasteiger partial charge in [0.1, 0.15) is 52.8 Å². The minimum absolute atomic E-state index is 0.111. The van der Waals surface area contributed by atoms with E-state index in [1.807, 2.05) is 56.9 Å². The molecule has 0 aliphatic carbocycles. The van der Waals surface area contributed by atoms with Gasteiger partial charge in [-0.05, 0) is 16.5 Å². The topological polar surface area (TPSA) is 101 Å². The van der Waals surface area contributed by atoms with Crippen LogP contribution in [0, 0.1) is 5.92 Å². The van der Waals surface area contributed by atoms with Crippen molar-refractivity contribution in [3.63, 3.8) is 0 Å². The third kappa shape index (κ3) is 6.90. The van der Waals surface area contributed by atoms with Gasteiger partial charge < -0.3 is 24.2 Å². The molecule has 0 bridgehead atoms. The van der Waals surface area contributed by atoms with Gasteiger partial charge in [-0.15, -0.1) is 0 Å². The zero-order valence-electron chi connectivity index (χ0n) is 23.5. The van der Waals surface area contributed by atoms with E-state index in [1.54, 1.807) is 12.4 Å². The lowest BCUT2D eigenvalue weighted by Crippen LogP contribution is -2.69. The van der Waals surface area contributed by atoms with Gasteiger partial charge in [0.2, 0.25) is 17.7 Å². The number of amides is 2. The SMILES string of the molecule is BC(B)(B)N(C(=O)C1CN(c2ncc(N3CC[C@@H](Oc4ccc(OCC(F)(F)F)nc4)C3=O)cn2)C1)C(B)(B)B. The lowest BCUT2D eigenvalue weighted by atomic mass is 9.40. The Bertz CT molecular complexity index is 1210. The zero-order valence-corrected chi connectivity index (χ0v) is 23.5. The number of alkyl halides is 3. The number of halogens is 3. The molecule has 2 amide bonds. The largest absolute Gasteiger partial charge is 0.479 e. The molecular formula is C21H29B6F3N6O4. The van der Waals surface area contributed by atoms with Crippen molar-refractivity contribution in [2.75, 3.05) is 36.0 Å². The number of ether oxygens (including phenoxy) is 2. The molecule has 2 aromatic heterocycles. The van der Waals surface area contributed by atoms with Crippen LogP contribution < -0.4 is 19.3 Å². The Balaban J connectivity index is 1.31. The third-order valence-corrected chi connectivity index (χ3v) is 6.54. The predicted molar refractivity (Wildman–Crippen MR) is 158 cm³/mol. The van der Waals surface area contributed by atoms with E-state index in [0.717, 1.165) is 0 Å². The van der Waals surface area contributed by atoms with Crippen LogP contribution in [0.2, 0.25) is 0 Å². The molecule has 4 heterocycles. The Morgan fingerprint density at radius 1 is 1.00 bits per heavy atom. The first kappa shape index (κ1) is 29.7. The molecule has 0 saturated carbocycles. The number of aromatic nitrogens is 3. The normalized spacial score (nSPS) is 18.4. The Kier molecular flexibility index (Phi) is 8.15. The zero-order chi connectivity index (χ0) is 29.5. The first-order chi connectivity index (χ1) is 18.5. The van der Waals surface area contributed by atoms with Crippen LogP contribution in [-0.4, -0.2) is 128 Å². The molecule has 2 aliphatic rings. The second-order valence-corrected chi connectivity index (χ2v) is 12.0. The summed E-state index contributed by atoms with van der Waals surface area (Å²) in [6.45, 7) is -0.0102. The van der Waals surface area contributed by atoms with Crippen LogP contribution in [0.3, 0.4) is 0 Å². The molecule has 2 fully saturated rings. The molecule has 10 nitrogen and oxygen atoms in total. The van der Waals surface area contributed by atoms with Gasteiger partial charge in [-0.3, -0.25) is 9.59 Å². The van der Waals surface area contributed by atoms with Crippen LogP contribution in [0.4, 0.5) is 24.8 Å². The van der Waals surface area contributed by atoms with E-state index in [1.165, 1.54) is 23.2 Å². The first-order valence-corrected chi connectivity index (χ1v) is 13.1. The maximum absolute atomic E-state index is 13.3. The van der Waals surface area contributed by atoms with Crippen molar-refractivity contribution in [1.82, 2.24) is 19.9 Å². The number of hydrogen-bond donors (Lipinski definition) is 0. The summed E-state index contributed by atoms with van der Waals surface area (Å²) in [4.78, 5) is 44.2. The summed E-state index contributed by atoms with van der Waals surface area (Å²) in [6, 6.07) is 2.66. The van der Waals surface area contributed by atoms with Crippen LogP contribution in [-0.2, 0) is 9.59 Å². The summed E-state index contributed by atoms with van der Waals surface area (Å²) in [5.41, 5.74) is 0.522. The lowest BCUT2D eigenvalue weighted by molar-refractivity contribution is -0.154. The molecule has 2 saturated heterocycles. The van der Waals surface area contributed by atoms with Crippen molar-refractivity contribution < 1.29 is 32.2 Å². The molecule has 0 unspecified atom stereocenters. The molecule has 1 atom stereocenters. The van der Waals surface area contributed by atoms with Gasteiger partial charge in [0.25, 0.3) is 5.91 Å². The molecule has 0 aromatic carbocycles. The highest BCUT2D eigenvalue weighted by Crippen LogP contribution is 2.29. The average molecular weight is 551 g/mol. The average Bonchev–Trinajstić information content (AvgIpc) is 3.15. The summed E-state index contributed by atoms with van der Waals surface area (Å²) in [5.74, 6) is 0.223. The van der Waals surface area contributed by atoms with E-state index in [2.05, 4.69) is 19.7 Å².